The number of nitrogens with zero attached hydrogens (tertiary/aromatic N) is 7. The van der Waals surface area contributed by atoms with Gasteiger partial charge in [0.05, 0.1) is 19.3 Å². The van der Waals surface area contributed by atoms with Crippen LogP contribution < -0.4 is 17.0 Å². The molecule has 0 aliphatic carbocycles. The van der Waals surface area contributed by atoms with E-state index in [1.807, 2.05) is 0 Å². The number of terminal acetylenes is 1. The summed E-state index contributed by atoms with van der Waals surface area (Å²) in [5.74, 6) is 2.23. The summed E-state index contributed by atoms with van der Waals surface area (Å²) in [6.45, 7) is -1.18. The molecule has 0 amide bonds. The van der Waals surface area contributed by atoms with E-state index in [0.29, 0.717) is 0 Å². The molecule has 4 aromatic rings. The largest absolute Gasteiger partial charge is 0.472 e. The van der Waals surface area contributed by atoms with Crippen molar-refractivity contribution in [3.63, 3.8) is 0 Å². The molecule has 3 fully saturated rings. The lowest BCUT2D eigenvalue weighted by molar-refractivity contribution is -0.132. The van der Waals surface area contributed by atoms with Crippen molar-refractivity contribution >= 4 is 41.9 Å². The second-order valence-corrected chi connectivity index (χ2v) is 11.4. The summed E-state index contributed by atoms with van der Waals surface area (Å²) in [6.07, 6.45) is -0.367. The number of nitrogens with one attached hydrogen (secondary N) is 1. The molecule has 3 aliphatic heterocycles. The molecule has 0 aromatic carbocycles. The van der Waals surface area contributed by atoms with E-state index in [0.717, 1.165) is 0 Å². The maximum Gasteiger partial charge on any atom is 0.472 e. The van der Waals surface area contributed by atoms with Crippen LogP contribution in [0.1, 0.15) is 12.5 Å². The van der Waals surface area contributed by atoms with Crippen LogP contribution in [0.2, 0.25) is 0 Å². The van der Waals surface area contributed by atoms with Crippen LogP contribution in [0.5, 0.6) is 0 Å². The average Bonchev–Trinajstić information content (AvgIpc) is 3.71. The third-order valence-corrected chi connectivity index (χ3v) is 8.44. The molecule has 226 valence electrons. The number of nitrogens with two attached hydrogens (primary N) is 2. The van der Waals surface area contributed by atoms with Crippen molar-refractivity contribution < 1.29 is 42.9 Å². The molecule has 9 atom stereocenters. The number of hydrogen-bond acceptors (Lipinski definition) is 16. The van der Waals surface area contributed by atoms with E-state index in [-0.39, 0.29) is 34.1 Å². The van der Waals surface area contributed by atoms with E-state index in [1.54, 1.807) is 0 Å². The van der Waals surface area contributed by atoms with Gasteiger partial charge in [-0.15, -0.1) is 6.42 Å². The Morgan fingerprint density at radius 3 is 2.60 bits per heavy atom. The summed E-state index contributed by atoms with van der Waals surface area (Å²) in [5, 5.41) is 22.6. The molecule has 8 unspecified atom stereocenters. The minimum absolute atomic E-state index is 0.0415. The van der Waals surface area contributed by atoms with E-state index in [4.69, 9.17) is 41.1 Å². The normalized spacial score (nSPS) is 36.4. The quantitative estimate of drug-likeness (QED) is 0.100. The van der Waals surface area contributed by atoms with Crippen molar-refractivity contribution in [3.8, 4) is 12.3 Å². The summed E-state index contributed by atoms with van der Waals surface area (Å²) in [5.41, 5.74) is 9.29. The van der Waals surface area contributed by atoms with Gasteiger partial charge in [-0.25, -0.2) is 24.5 Å². The van der Waals surface area contributed by atoms with Crippen LogP contribution in [-0.2, 0) is 27.8 Å². The number of aliphatic hydroxyl groups excluding tert-OH is 2. The lowest BCUT2D eigenvalue weighted by Crippen LogP contribution is -2.48. The van der Waals surface area contributed by atoms with Crippen molar-refractivity contribution in [2.75, 3.05) is 24.7 Å². The lowest BCUT2D eigenvalue weighted by atomic mass is 9.96. The van der Waals surface area contributed by atoms with Gasteiger partial charge < -0.3 is 40.8 Å². The Morgan fingerprint density at radius 2 is 1.84 bits per heavy atom. The van der Waals surface area contributed by atoms with Crippen LogP contribution in [0.4, 0.5) is 11.8 Å². The van der Waals surface area contributed by atoms with Gasteiger partial charge in [-0.2, -0.15) is 4.98 Å². The topological polar surface area (TPSA) is 283 Å². The maximum absolute atomic E-state index is 13.2. The van der Waals surface area contributed by atoms with Gasteiger partial charge in [0.1, 0.15) is 49.0 Å². The number of aromatic nitrogens is 8. The number of rotatable bonds is 2. The zero-order chi connectivity index (χ0) is 30.3. The fourth-order valence-electron chi connectivity index (χ4n) is 5.45. The summed E-state index contributed by atoms with van der Waals surface area (Å²) >= 11 is 0. The second kappa shape index (κ2) is 9.75. The number of aromatic amines is 1. The highest BCUT2D eigenvalue weighted by molar-refractivity contribution is 7.47. The van der Waals surface area contributed by atoms with Crippen LogP contribution in [0.15, 0.2) is 23.8 Å². The Bertz CT molecular complexity index is 1890. The molecule has 3 saturated heterocycles. The molecule has 20 nitrogen and oxygen atoms in total. The summed E-state index contributed by atoms with van der Waals surface area (Å²) in [7, 11) is -5.03. The van der Waals surface area contributed by atoms with E-state index < -0.39 is 75.2 Å². The van der Waals surface area contributed by atoms with Gasteiger partial charge in [0.15, 0.2) is 40.7 Å². The number of anilines is 2. The Balaban J connectivity index is 1.25. The molecule has 0 radical (unpaired) electrons. The number of fused-ring (bicyclic) bond motifs is 5. The number of H-pyrrole nitrogens is 1. The molecule has 43 heavy (non-hydrogen) atoms. The van der Waals surface area contributed by atoms with Crippen molar-refractivity contribution in [2.45, 2.75) is 48.6 Å². The van der Waals surface area contributed by atoms with Gasteiger partial charge in [-0.05, 0) is 0 Å². The first kappa shape index (κ1) is 27.8. The highest BCUT2D eigenvalue weighted by atomic mass is 31.2. The third-order valence-electron chi connectivity index (χ3n) is 7.47. The summed E-state index contributed by atoms with van der Waals surface area (Å²) < 4.78 is 44.5. The number of hydrogen-bond donors (Lipinski definition) is 6. The van der Waals surface area contributed by atoms with Crippen LogP contribution in [0, 0.1) is 12.3 Å². The van der Waals surface area contributed by atoms with Gasteiger partial charge in [0, 0.05) is 0 Å². The fourth-order valence-corrected chi connectivity index (χ4v) is 6.40. The Morgan fingerprint density at radius 1 is 1.09 bits per heavy atom. The van der Waals surface area contributed by atoms with Crippen LogP contribution >= 0.6 is 7.82 Å². The first-order valence-corrected chi connectivity index (χ1v) is 14.1. The molecule has 0 spiro atoms. The van der Waals surface area contributed by atoms with Crippen molar-refractivity contribution in [1.29, 1.82) is 0 Å². The Hall–Kier alpha value is -4.03. The van der Waals surface area contributed by atoms with E-state index in [1.165, 1.54) is 28.1 Å². The van der Waals surface area contributed by atoms with E-state index in [2.05, 4.69) is 35.8 Å². The Labute approximate surface area is 239 Å². The van der Waals surface area contributed by atoms with Crippen molar-refractivity contribution in [3.05, 3.63) is 29.3 Å². The molecule has 2 bridgehead atoms. The standard InChI is InChI=1S/C22H23N10O10P/c1-2-22-4-39-43(36,37)42-13-11(33)8(40-20(13)32-7-28-10-17(32)29-21(24)30-18(10)35)3-38-14(22)12(34)19(41-22)31-6-27-9-15(23)25-5-26-16(9)31/h1,5-8,11-14,19-20,33-34H,3-4H2,(H,36,37)(H2,23,25,26)(H3,24,29,30,35)/t8?,11?,12?,13?,14?,19?,20?,22-/m1/s1. The molecule has 0 saturated carbocycles. The second-order valence-electron chi connectivity index (χ2n) is 10.0. The number of nitrogen functional groups attached to an aromatic ring is 2. The predicted molar refractivity (Wildman–Crippen MR) is 140 cm³/mol. The highest BCUT2D eigenvalue weighted by Gasteiger charge is 2.59. The van der Waals surface area contributed by atoms with E-state index >= 15 is 0 Å². The zero-order valence-corrected chi connectivity index (χ0v) is 22.6. The first-order valence-electron chi connectivity index (χ1n) is 12.6. The number of ether oxygens (including phenoxy) is 3. The van der Waals surface area contributed by atoms with Crippen LogP contribution in [0.3, 0.4) is 0 Å². The molecular formula is C22H23N10O10P. The van der Waals surface area contributed by atoms with Crippen LogP contribution in [0.25, 0.3) is 22.3 Å². The average molecular weight is 618 g/mol. The van der Waals surface area contributed by atoms with Gasteiger partial charge in [-0.3, -0.25) is 28.0 Å². The first-order chi connectivity index (χ1) is 20.5. The lowest BCUT2D eigenvalue weighted by Gasteiger charge is -2.31. The van der Waals surface area contributed by atoms with Crippen molar-refractivity contribution in [1.82, 2.24) is 39.0 Å². The van der Waals surface area contributed by atoms with E-state index in [9.17, 15) is 24.5 Å². The zero-order valence-electron chi connectivity index (χ0n) is 21.7. The molecule has 4 aromatic heterocycles. The van der Waals surface area contributed by atoms with Crippen LogP contribution in [-0.4, -0.2) is 103 Å². The fraction of sp³-hybridized carbons (Fsp3) is 0.455. The molecule has 3 aliphatic rings. The molecular weight excluding hydrogens is 595 g/mol. The molecule has 7 heterocycles. The molecule has 8 N–H and O–H groups in total. The van der Waals surface area contributed by atoms with Gasteiger partial charge in [-0.1, -0.05) is 5.92 Å². The number of phosphoric acid groups is 1. The number of aliphatic hydroxyl groups is 2. The van der Waals surface area contributed by atoms with Crippen molar-refractivity contribution in [2.24, 2.45) is 0 Å². The molecule has 7 rings (SSSR count). The minimum Gasteiger partial charge on any atom is -0.387 e. The monoisotopic (exact) mass is 618 g/mol. The third kappa shape index (κ3) is 4.29. The van der Waals surface area contributed by atoms with Gasteiger partial charge >= 0.3 is 7.82 Å². The maximum atomic E-state index is 13.2. The molecule has 21 heteroatoms. The van der Waals surface area contributed by atoms with Gasteiger partial charge in [0.25, 0.3) is 5.56 Å². The number of phosphoric ester groups is 1. The SMILES string of the molecule is C#C[C@@]12COP(=O)(O)OC3C(O)C(COC1C(O)C(n1cnc4c(N)ncnc41)O2)OC3n1cnc2c(=O)[nH]c(N)nc21. The smallest absolute Gasteiger partial charge is 0.387 e. The minimum atomic E-state index is -5.03. The highest BCUT2D eigenvalue weighted by Crippen LogP contribution is 2.52. The summed E-state index contributed by atoms with van der Waals surface area (Å²) in [6, 6.07) is 0. The predicted octanol–water partition coefficient (Wildman–Crippen LogP) is -2.46. The number of imidazole rings is 2. The Kier molecular flexibility index (Phi) is 6.30. The summed E-state index contributed by atoms with van der Waals surface area (Å²) in [4.78, 5) is 45.6. The van der Waals surface area contributed by atoms with Gasteiger partial charge in [0.2, 0.25) is 5.95 Å².